The Morgan fingerprint density at radius 1 is 1.28 bits per heavy atom. The lowest BCUT2D eigenvalue weighted by molar-refractivity contribution is -0.118. The number of amides is 1. The van der Waals surface area contributed by atoms with Crippen molar-refractivity contribution in [3.05, 3.63) is 59.2 Å². The minimum absolute atomic E-state index is 0.0795. The normalized spacial score (nSPS) is 13.8. The van der Waals surface area contributed by atoms with Crippen LogP contribution in [-0.2, 0) is 9.53 Å². The van der Waals surface area contributed by atoms with Crippen LogP contribution in [0.1, 0.15) is 34.8 Å². The Hall–Kier alpha value is -3.75. The summed E-state index contributed by atoms with van der Waals surface area (Å²) < 4.78 is 29.6. The second-order valence-corrected chi connectivity index (χ2v) is 6.52. The minimum Gasteiger partial charge on any atom is -0.482 e. The van der Waals surface area contributed by atoms with Gasteiger partial charge in [0.2, 0.25) is 5.82 Å². The van der Waals surface area contributed by atoms with Gasteiger partial charge in [0, 0.05) is 5.56 Å². The number of esters is 1. The number of hydrogen-bond donors (Lipinski definition) is 1. The number of halogens is 1. The van der Waals surface area contributed by atoms with Crippen LogP contribution in [0, 0.1) is 12.7 Å². The molecule has 148 valence electrons. The van der Waals surface area contributed by atoms with E-state index >= 15 is 0 Å². The van der Waals surface area contributed by atoms with Crippen molar-refractivity contribution in [1.82, 2.24) is 10.1 Å². The van der Waals surface area contributed by atoms with E-state index in [-0.39, 0.29) is 35.6 Å². The van der Waals surface area contributed by atoms with Gasteiger partial charge in [0.1, 0.15) is 11.6 Å². The molecule has 0 saturated heterocycles. The number of fused-ring (bicyclic) bond motifs is 1. The van der Waals surface area contributed by atoms with Gasteiger partial charge in [-0.3, -0.25) is 4.79 Å². The number of ether oxygens (including phenoxy) is 2. The summed E-state index contributed by atoms with van der Waals surface area (Å²) in [6, 6.07) is 9.16. The zero-order chi connectivity index (χ0) is 20.5. The molecular formula is C20H16FN3O5. The number of benzene rings is 2. The van der Waals surface area contributed by atoms with E-state index in [1.54, 1.807) is 32.0 Å². The smallest absolute Gasteiger partial charge is 0.339 e. The molecule has 1 aliphatic rings. The molecule has 8 nitrogen and oxygen atoms in total. The standard InChI is InChI=1S/C20H16FN3O5/c1-10-3-4-12(7-14(10)21)18-23-19(29-24-18)11(2)28-20(26)13-5-6-15-16(8-13)27-9-17(25)22-15/h3-8,11H,9H2,1-2H3,(H,22,25). The Morgan fingerprint density at radius 3 is 2.90 bits per heavy atom. The van der Waals surface area contributed by atoms with Gasteiger partial charge in [-0.1, -0.05) is 17.3 Å². The van der Waals surface area contributed by atoms with Crippen molar-refractivity contribution < 1.29 is 28.0 Å². The van der Waals surface area contributed by atoms with E-state index in [0.717, 1.165) is 0 Å². The molecule has 1 amide bonds. The fraction of sp³-hybridized carbons (Fsp3) is 0.200. The topological polar surface area (TPSA) is 104 Å². The molecule has 0 spiro atoms. The zero-order valence-electron chi connectivity index (χ0n) is 15.6. The number of hydrogen-bond acceptors (Lipinski definition) is 7. The fourth-order valence-corrected chi connectivity index (χ4v) is 2.73. The molecule has 0 bridgehead atoms. The number of nitrogens with one attached hydrogen (secondary N) is 1. The van der Waals surface area contributed by atoms with Crippen LogP contribution >= 0.6 is 0 Å². The first kappa shape index (κ1) is 18.6. The predicted molar refractivity (Wildman–Crippen MR) is 98.8 cm³/mol. The Kier molecular flexibility index (Phi) is 4.71. The van der Waals surface area contributed by atoms with E-state index in [2.05, 4.69) is 15.5 Å². The van der Waals surface area contributed by atoms with E-state index < -0.39 is 12.1 Å². The molecule has 1 N–H and O–H groups in total. The largest absolute Gasteiger partial charge is 0.482 e. The van der Waals surface area contributed by atoms with Crippen molar-refractivity contribution in [2.75, 3.05) is 11.9 Å². The molecule has 29 heavy (non-hydrogen) atoms. The highest BCUT2D eigenvalue weighted by atomic mass is 19.1. The Morgan fingerprint density at radius 2 is 2.10 bits per heavy atom. The van der Waals surface area contributed by atoms with Crippen LogP contribution in [0.25, 0.3) is 11.4 Å². The van der Waals surface area contributed by atoms with Crippen LogP contribution in [0.4, 0.5) is 10.1 Å². The third-order valence-corrected chi connectivity index (χ3v) is 4.35. The van der Waals surface area contributed by atoms with Crippen LogP contribution in [-0.4, -0.2) is 28.6 Å². The number of aryl methyl sites for hydroxylation is 1. The average Bonchev–Trinajstić information content (AvgIpc) is 3.20. The van der Waals surface area contributed by atoms with Crippen LogP contribution in [0.2, 0.25) is 0 Å². The second-order valence-electron chi connectivity index (χ2n) is 6.52. The first-order valence-electron chi connectivity index (χ1n) is 8.78. The quantitative estimate of drug-likeness (QED) is 0.673. The minimum atomic E-state index is -0.823. The van der Waals surface area contributed by atoms with Crippen molar-refractivity contribution in [1.29, 1.82) is 0 Å². The molecule has 0 radical (unpaired) electrons. The molecule has 0 fully saturated rings. The summed E-state index contributed by atoms with van der Waals surface area (Å²) in [4.78, 5) is 27.9. The molecular weight excluding hydrogens is 381 g/mol. The summed E-state index contributed by atoms with van der Waals surface area (Å²) in [7, 11) is 0. The Labute approximate surface area is 164 Å². The number of anilines is 1. The van der Waals surface area contributed by atoms with E-state index in [4.69, 9.17) is 14.0 Å². The van der Waals surface area contributed by atoms with Crippen LogP contribution in [0.5, 0.6) is 5.75 Å². The van der Waals surface area contributed by atoms with E-state index in [1.165, 1.54) is 18.2 Å². The van der Waals surface area contributed by atoms with Gasteiger partial charge in [-0.15, -0.1) is 0 Å². The average molecular weight is 397 g/mol. The van der Waals surface area contributed by atoms with E-state index in [1.807, 2.05) is 0 Å². The van der Waals surface area contributed by atoms with Crippen molar-refractivity contribution in [2.24, 2.45) is 0 Å². The lowest BCUT2D eigenvalue weighted by atomic mass is 10.1. The number of carbonyl (C=O) groups excluding carboxylic acids is 2. The summed E-state index contributed by atoms with van der Waals surface area (Å²) in [5.74, 6) is -0.605. The second kappa shape index (κ2) is 7.34. The van der Waals surface area contributed by atoms with Crippen molar-refractivity contribution in [2.45, 2.75) is 20.0 Å². The summed E-state index contributed by atoms with van der Waals surface area (Å²) >= 11 is 0. The molecule has 2 aromatic carbocycles. The van der Waals surface area contributed by atoms with Crippen LogP contribution < -0.4 is 10.1 Å². The maximum atomic E-state index is 13.7. The van der Waals surface area contributed by atoms with Gasteiger partial charge >= 0.3 is 5.97 Å². The summed E-state index contributed by atoms with van der Waals surface area (Å²) in [6.07, 6.45) is -0.823. The Balaban J connectivity index is 1.47. The maximum Gasteiger partial charge on any atom is 0.339 e. The molecule has 0 aliphatic carbocycles. The summed E-state index contributed by atoms with van der Waals surface area (Å²) in [5, 5.41) is 6.46. The van der Waals surface area contributed by atoms with Gasteiger partial charge in [0.05, 0.1) is 11.3 Å². The van der Waals surface area contributed by atoms with Crippen LogP contribution in [0.3, 0.4) is 0 Å². The van der Waals surface area contributed by atoms with Gasteiger partial charge in [-0.2, -0.15) is 4.98 Å². The number of nitrogens with zero attached hydrogens (tertiary/aromatic N) is 2. The highest BCUT2D eigenvalue weighted by molar-refractivity contribution is 5.97. The lowest BCUT2D eigenvalue weighted by Crippen LogP contribution is -2.25. The molecule has 1 aromatic heterocycles. The molecule has 2 heterocycles. The first-order chi connectivity index (χ1) is 13.9. The molecule has 0 saturated carbocycles. The summed E-state index contributed by atoms with van der Waals surface area (Å²) in [5.41, 5.74) is 1.69. The predicted octanol–water partition coefficient (Wildman–Crippen LogP) is 3.43. The van der Waals surface area contributed by atoms with Gasteiger partial charge in [-0.05, 0) is 43.7 Å². The van der Waals surface area contributed by atoms with Crippen LogP contribution in [0.15, 0.2) is 40.9 Å². The lowest BCUT2D eigenvalue weighted by Gasteiger charge is -2.18. The van der Waals surface area contributed by atoms with Gasteiger partial charge in [0.15, 0.2) is 12.7 Å². The van der Waals surface area contributed by atoms with E-state index in [0.29, 0.717) is 22.6 Å². The highest BCUT2D eigenvalue weighted by Gasteiger charge is 2.23. The summed E-state index contributed by atoms with van der Waals surface area (Å²) in [6.45, 7) is 3.12. The van der Waals surface area contributed by atoms with E-state index in [9.17, 15) is 14.0 Å². The van der Waals surface area contributed by atoms with Crippen molar-refractivity contribution in [3.8, 4) is 17.1 Å². The number of aromatic nitrogens is 2. The molecule has 1 atom stereocenters. The van der Waals surface area contributed by atoms with Gasteiger partial charge in [-0.25, -0.2) is 9.18 Å². The highest BCUT2D eigenvalue weighted by Crippen LogP contribution is 2.29. The molecule has 3 aromatic rings. The zero-order valence-corrected chi connectivity index (χ0v) is 15.6. The monoisotopic (exact) mass is 397 g/mol. The number of carbonyl (C=O) groups is 2. The molecule has 1 aliphatic heterocycles. The maximum absolute atomic E-state index is 13.7. The third kappa shape index (κ3) is 3.79. The van der Waals surface area contributed by atoms with Gasteiger partial charge < -0.3 is 19.3 Å². The third-order valence-electron chi connectivity index (χ3n) is 4.35. The van der Waals surface area contributed by atoms with Gasteiger partial charge in [0.25, 0.3) is 11.8 Å². The molecule has 4 rings (SSSR count). The molecule has 1 unspecified atom stereocenters. The fourth-order valence-electron chi connectivity index (χ4n) is 2.73. The molecule has 9 heteroatoms. The first-order valence-corrected chi connectivity index (χ1v) is 8.78. The van der Waals surface area contributed by atoms with Crippen molar-refractivity contribution in [3.63, 3.8) is 0 Å². The van der Waals surface area contributed by atoms with Crippen molar-refractivity contribution >= 4 is 17.6 Å². The number of rotatable bonds is 4. The SMILES string of the molecule is Cc1ccc(-c2noc(C(C)OC(=O)c3ccc4c(c3)OCC(=O)N4)n2)cc1F. The Bertz CT molecular complexity index is 1110.